The monoisotopic (exact) mass is 316 g/mol. The first kappa shape index (κ1) is 16.8. The fraction of sp³-hybridized carbons (Fsp3) is 0.533. The molecule has 2 N–H and O–H groups in total. The number of aliphatic hydroxyl groups excluding tert-OH is 1. The minimum Gasteiger partial charge on any atom is -0.396 e. The molecule has 1 aliphatic heterocycles. The Labute approximate surface area is 126 Å². The molecule has 0 unspecified atom stereocenters. The first-order valence-corrected chi connectivity index (χ1v) is 7.06. The summed E-state index contributed by atoms with van der Waals surface area (Å²) in [4.78, 5) is 13.1. The van der Waals surface area contributed by atoms with Crippen LogP contribution in [0.2, 0.25) is 0 Å². The minimum atomic E-state index is -4.35. The molecule has 2 atom stereocenters. The maximum Gasteiger partial charge on any atom is 0.416 e. The van der Waals surface area contributed by atoms with Crippen LogP contribution in [0.4, 0.5) is 13.2 Å². The molecule has 1 aliphatic rings. The van der Waals surface area contributed by atoms with E-state index in [1.807, 2.05) is 4.90 Å². The van der Waals surface area contributed by atoms with Crippen LogP contribution in [0.15, 0.2) is 24.3 Å². The van der Waals surface area contributed by atoms with Crippen molar-refractivity contribution in [3.8, 4) is 0 Å². The molecule has 22 heavy (non-hydrogen) atoms. The lowest BCUT2D eigenvalue weighted by atomic mass is 10.1. The van der Waals surface area contributed by atoms with Gasteiger partial charge in [-0.15, -0.1) is 0 Å². The number of nitrogens with one attached hydrogen (secondary N) is 1. The summed E-state index contributed by atoms with van der Waals surface area (Å²) in [6.45, 7) is 2.75. The molecule has 0 aliphatic carbocycles. The standard InChI is InChI=1S/C15H19F3N2O2/c1-10(22)19-14-8-20(7-12(14)9-21)6-11-3-2-4-13(5-11)15(16,17)18/h2-5,12,14,21H,6-9H2,1H3,(H,19,22)/t12-,14+/m0/s1. The Bertz CT molecular complexity index is 534. The quantitative estimate of drug-likeness (QED) is 0.888. The van der Waals surface area contributed by atoms with Crippen LogP contribution in [-0.4, -0.2) is 41.7 Å². The van der Waals surface area contributed by atoms with Crippen LogP contribution in [0.3, 0.4) is 0 Å². The molecular formula is C15H19F3N2O2. The van der Waals surface area contributed by atoms with Crippen LogP contribution in [0.5, 0.6) is 0 Å². The molecule has 0 bridgehead atoms. The number of aliphatic hydroxyl groups is 1. The van der Waals surface area contributed by atoms with Gasteiger partial charge < -0.3 is 10.4 Å². The molecule has 0 spiro atoms. The van der Waals surface area contributed by atoms with Crippen molar-refractivity contribution in [2.45, 2.75) is 25.7 Å². The molecule has 0 saturated carbocycles. The maximum atomic E-state index is 12.7. The normalized spacial score (nSPS) is 22.8. The van der Waals surface area contributed by atoms with Gasteiger partial charge in [0.1, 0.15) is 0 Å². The summed E-state index contributed by atoms with van der Waals surface area (Å²) >= 11 is 0. The number of amides is 1. The zero-order valence-corrected chi connectivity index (χ0v) is 12.2. The molecule has 1 fully saturated rings. The molecule has 0 aromatic heterocycles. The number of carbonyl (C=O) groups excluding carboxylic acids is 1. The summed E-state index contributed by atoms with van der Waals surface area (Å²) in [5, 5.41) is 12.1. The Hall–Kier alpha value is -1.60. The number of carbonyl (C=O) groups is 1. The smallest absolute Gasteiger partial charge is 0.396 e. The predicted molar refractivity (Wildman–Crippen MR) is 74.9 cm³/mol. The largest absolute Gasteiger partial charge is 0.416 e. The zero-order chi connectivity index (χ0) is 16.3. The molecule has 2 rings (SSSR count). The van der Waals surface area contributed by atoms with Gasteiger partial charge in [0.15, 0.2) is 0 Å². The van der Waals surface area contributed by atoms with E-state index in [2.05, 4.69) is 5.32 Å². The Kier molecular flexibility index (Phi) is 5.08. The van der Waals surface area contributed by atoms with Crippen molar-refractivity contribution in [3.63, 3.8) is 0 Å². The van der Waals surface area contributed by atoms with Crippen molar-refractivity contribution < 1.29 is 23.1 Å². The number of halogens is 3. The van der Waals surface area contributed by atoms with E-state index < -0.39 is 11.7 Å². The Morgan fingerprint density at radius 2 is 2.14 bits per heavy atom. The van der Waals surface area contributed by atoms with Crippen molar-refractivity contribution in [3.05, 3.63) is 35.4 Å². The van der Waals surface area contributed by atoms with E-state index in [1.54, 1.807) is 6.07 Å². The third-order valence-corrected chi connectivity index (χ3v) is 3.80. The second-order valence-corrected chi connectivity index (χ2v) is 5.64. The van der Waals surface area contributed by atoms with Gasteiger partial charge in [0.2, 0.25) is 5.91 Å². The van der Waals surface area contributed by atoms with Crippen molar-refractivity contribution >= 4 is 5.91 Å². The molecule has 1 amide bonds. The number of benzene rings is 1. The van der Waals surface area contributed by atoms with Crippen LogP contribution >= 0.6 is 0 Å². The highest BCUT2D eigenvalue weighted by molar-refractivity contribution is 5.73. The molecule has 4 nitrogen and oxygen atoms in total. The van der Waals surface area contributed by atoms with Crippen molar-refractivity contribution in [1.29, 1.82) is 0 Å². The number of hydrogen-bond acceptors (Lipinski definition) is 3. The lowest BCUT2D eigenvalue weighted by Crippen LogP contribution is -2.40. The van der Waals surface area contributed by atoms with E-state index in [4.69, 9.17) is 0 Å². The average molecular weight is 316 g/mol. The van der Waals surface area contributed by atoms with Gasteiger partial charge in [-0.2, -0.15) is 13.2 Å². The molecule has 7 heteroatoms. The van der Waals surface area contributed by atoms with E-state index >= 15 is 0 Å². The molecule has 0 radical (unpaired) electrons. The molecule has 1 heterocycles. The number of alkyl halides is 3. The second-order valence-electron chi connectivity index (χ2n) is 5.64. The Balaban J connectivity index is 2.04. The Morgan fingerprint density at radius 3 is 2.73 bits per heavy atom. The van der Waals surface area contributed by atoms with E-state index in [0.717, 1.165) is 12.1 Å². The predicted octanol–water partition coefficient (Wildman–Crippen LogP) is 1.63. The van der Waals surface area contributed by atoms with Crippen molar-refractivity contribution in [2.75, 3.05) is 19.7 Å². The van der Waals surface area contributed by atoms with E-state index in [0.29, 0.717) is 25.2 Å². The highest BCUT2D eigenvalue weighted by Gasteiger charge is 2.33. The molecular weight excluding hydrogens is 297 g/mol. The van der Waals surface area contributed by atoms with Gasteiger partial charge in [0.05, 0.1) is 5.56 Å². The van der Waals surface area contributed by atoms with Crippen LogP contribution in [0.1, 0.15) is 18.1 Å². The number of hydrogen-bond donors (Lipinski definition) is 2. The average Bonchev–Trinajstić information content (AvgIpc) is 2.79. The third-order valence-electron chi connectivity index (χ3n) is 3.80. The summed E-state index contributed by atoms with van der Waals surface area (Å²) in [6, 6.07) is 5.05. The van der Waals surface area contributed by atoms with Gasteiger partial charge in [0, 0.05) is 45.1 Å². The molecule has 122 valence electrons. The molecule has 1 saturated heterocycles. The summed E-state index contributed by atoms with van der Waals surface area (Å²) < 4.78 is 38.1. The van der Waals surface area contributed by atoms with Crippen molar-refractivity contribution in [2.24, 2.45) is 5.92 Å². The fourth-order valence-corrected chi connectivity index (χ4v) is 2.80. The summed E-state index contributed by atoms with van der Waals surface area (Å²) in [7, 11) is 0. The number of rotatable bonds is 4. The summed E-state index contributed by atoms with van der Waals surface area (Å²) in [5.41, 5.74) is -0.101. The third kappa shape index (κ3) is 4.20. The summed E-state index contributed by atoms with van der Waals surface area (Å²) in [6.07, 6.45) is -4.35. The van der Waals surface area contributed by atoms with Gasteiger partial charge in [-0.1, -0.05) is 18.2 Å². The first-order chi connectivity index (χ1) is 10.3. The van der Waals surface area contributed by atoms with Gasteiger partial charge >= 0.3 is 6.18 Å². The van der Waals surface area contributed by atoms with E-state index in [9.17, 15) is 23.1 Å². The van der Waals surface area contributed by atoms with Gasteiger partial charge in [-0.25, -0.2) is 0 Å². The van der Waals surface area contributed by atoms with Gasteiger partial charge in [0.25, 0.3) is 0 Å². The first-order valence-electron chi connectivity index (χ1n) is 7.06. The van der Waals surface area contributed by atoms with Crippen LogP contribution in [0.25, 0.3) is 0 Å². The van der Waals surface area contributed by atoms with Crippen LogP contribution < -0.4 is 5.32 Å². The zero-order valence-electron chi connectivity index (χ0n) is 12.2. The maximum absolute atomic E-state index is 12.7. The van der Waals surface area contributed by atoms with Gasteiger partial charge in [-0.3, -0.25) is 9.69 Å². The second kappa shape index (κ2) is 6.66. The molecule has 1 aromatic carbocycles. The van der Waals surface area contributed by atoms with E-state index in [1.165, 1.54) is 13.0 Å². The SMILES string of the molecule is CC(=O)N[C@@H]1CN(Cc2cccc(C(F)(F)F)c2)C[C@H]1CO. The summed E-state index contributed by atoms with van der Waals surface area (Å²) in [5.74, 6) is -0.279. The Morgan fingerprint density at radius 1 is 1.41 bits per heavy atom. The van der Waals surface area contributed by atoms with Gasteiger partial charge in [-0.05, 0) is 11.6 Å². The topological polar surface area (TPSA) is 52.6 Å². The van der Waals surface area contributed by atoms with Crippen LogP contribution in [0, 0.1) is 5.92 Å². The molecule has 1 aromatic rings. The number of likely N-dealkylation sites (tertiary alicyclic amines) is 1. The van der Waals surface area contributed by atoms with E-state index in [-0.39, 0.29) is 24.5 Å². The number of nitrogens with zero attached hydrogens (tertiary/aromatic N) is 1. The lowest BCUT2D eigenvalue weighted by Gasteiger charge is -2.17. The lowest BCUT2D eigenvalue weighted by molar-refractivity contribution is -0.137. The highest BCUT2D eigenvalue weighted by Crippen LogP contribution is 2.30. The fourth-order valence-electron chi connectivity index (χ4n) is 2.80. The minimum absolute atomic E-state index is 0.0654. The van der Waals surface area contributed by atoms with Crippen molar-refractivity contribution in [1.82, 2.24) is 10.2 Å². The van der Waals surface area contributed by atoms with Crippen LogP contribution in [-0.2, 0) is 17.5 Å². The highest BCUT2D eigenvalue weighted by atomic mass is 19.4.